The van der Waals surface area contributed by atoms with Crippen LogP contribution in [0.4, 0.5) is 0 Å². The van der Waals surface area contributed by atoms with Crippen LogP contribution in [0.15, 0.2) is 90.0 Å². The Labute approximate surface area is 157 Å². The number of nitrogens with one attached hydrogen (secondary N) is 1. The molecule has 3 rings (SSSR count). The molecule has 0 heterocycles. The van der Waals surface area contributed by atoms with Crippen LogP contribution < -0.4 is 16.0 Å². The van der Waals surface area contributed by atoms with E-state index in [1.165, 1.54) is 12.3 Å². The average molecular weight is 378 g/mol. The Morgan fingerprint density at radius 1 is 0.889 bits per heavy atom. The lowest BCUT2D eigenvalue weighted by molar-refractivity contribution is -0.118. The van der Waals surface area contributed by atoms with Crippen LogP contribution in [0.3, 0.4) is 0 Å². The SMILES string of the molecule is O=C(CP(=O)(c1ccccc1)c1ccccc1)N/N=C/c1ccccc1O. The van der Waals surface area contributed by atoms with Gasteiger partial charge in [-0.2, -0.15) is 5.10 Å². The van der Waals surface area contributed by atoms with E-state index in [2.05, 4.69) is 10.5 Å². The Balaban J connectivity index is 1.80. The molecule has 0 unspecified atom stereocenters. The number of amides is 1. The number of benzene rings is 3. The number of phenols is 1. The summed E-state index contributed by atoms with van der Waals surface area (Å²) in [6, 6.07) is 24.6. The van der Waals surface area contributed by atoms with Gasteiger partial charge in [-0.3, -0.25) is 4.79 Å². The van der Waals surface area contributed by atoms with Crippen LogP contribution in [0.5, 0.6) is 5.75 Å². The molecular weight excluding hydrogens is 359 g/mol. The van der Waals surface area contributed by atoms with Gasteiger partial charge in [0.15, 0.2) is 7.14 Å². The second kappa shape index (κ2) is 8.47. The highest BCUT2D eigenvalue weighted by atomic mass is 31.2. The monoisotopic (exact) mass is 378 g/mol. The van der Waals surface area contributed by atoms with E-state index in [9.17, 15) is 14.5 Å². The van der Waals surface area contributed by atoms with Crippen molar-refractivity contribution in [1.29, 1.82) is 0 Å². The summed E-state index contributed by atoms with van der Waals surface area (Å²) >= 11 is 0. The van der Waals surface area contributed by atoms with Gasteiger partial charge in [0, 0.05) is 16.2 Å². The van der Waals surface area contributed by atoms with Gasteiger partial charge in [-0.1, -0.05) is 72.8 Å². The smallest absolute Gasteiger partial charge is 0.248 e. The molecule has 0 spiro atoms. The summed E-state index contributed by atoms with van der Waals surface area (Å²) in [6.07, 6.45) is 1.16. The second-order valence-corrected chi connectivity index (χ2v) is 8.75. The fourth-order valence-electron chi connectivity index (χ4n) is 2.68. The molecule has 0 aliphatic heterocycles. The maximum atomic E-state index is 13.8. The standard InChI is InChI=1S/C21H19N2O3P/c24-20-14-8-7-9-17(20)15-22-23-21(25)16-27(26,18-10-3-1-4-11-18)19-12-5-2-6-13-19/h1-15,24H,16H2,(H,23,25)/b22-15+. The Bertz CT molecular complexity index is 945. The number of phenolic OH excluding ortho intramolecular Hbond substituents is 1. The topological polar surface area (TPSA) is 78.8 Å². The van der Waals surface area contributed by atoms with E-state index < -0.39 is 13.0 Å². The molecule has 0 saturated heterocycles. The van der Waals surface area contributed by atoms with E-state index in [1.54, 1.807) is 66.7 Å². The molecule has 0 bridgehead atoms. The zero-order chi connectivity index (χ0) is 19.1. The highest BCUT2D eigenvalue weighted by Gasteiger charge is 2.30. The van der Waals surface area contributed by atoms with Gasteiger partial charge in [0.05, 0.1) is 12.4 Å². The van der Waals surface area contributed by atoms with Crippen LogP contribution >= 0.6 is 7.14 Å². The van der Waals surface area contributed by atoms with Crippen molar-refractivity contribution in [2.45, 2.75) is 0 Å². The third-order valence-electron chi connectivity index (χ3n) is 4.04. The Hall–Kier alpha value is -3.17. The minimum absolute atomic E-state index is 0.0646. The van der Waals surface area contributed by atoms with Gasteiger partial charge < -0.3 is 9.67 Å². The van der Waals surface area contributed by atoms with E-state index >= 15 is 0 Å². The number of hydrogen-bond acceptors (Lipinski definition) is 4. The zero-order valence-corrected chi connectivity index (χ0v) is 15.4. The Morgan fingerprint density at radius 2 is 1.41 bits per heavy atom. The summed E-state index contributed by atoms with van der Waals surface area (Å²) in [5, 5.41) is 14.8. The lowest BCUT2D eigenvalue weighted by Gasteiger charge is -2.18. The molecule has 27 heavy (non-hydrogen) atoms. The van der Waals surface area contributed by atoms with Gasteiger partial charge in [-0.25, -0.2) is 5.43 Å². The van der Waals surface area contributed by atoms with Crippen molar-refractivity contribution < 1.29 is 14.5 Å². The first kappa shape index (κ1) is 18.6. The number of hydrazone groups is 1. The summed E-state index contributed by atoms with van der Waals surface area (Å²) in [7, 11) is -3.14. The van der Waals surface area contributed by atoms with Crippen LogP contribution in [0.2, 0.25) is 0 Å². The molecule has 3 aromatic rings. The van der Waals surface area contributed by atoms with Crippen molar-refractivity contribution in [3.05, 3.63) is 90.5 Å². The largest absolute Gasteiger partial charge is 0.507 e. The Morgan fingerprint density at radius 3 is 1.96 bits per heavy atom. The van der Waals surface area contributed by atoms with Gasteiger partial charge >= 0.3 is 0 Å². The molecule has 0 aliphatic rings. The highest BCUT2D eigenvalue weighted by molar-refractivity contribution is 7.79. The first-order valence-corrected chi connectivity index (χ1v) is 10.3. The number of carbonyl (C=O) groups is 1. The van der Waals surface area contributed by atoms with Crippen molar-refractivity contribution in [3.63, 3.8) is 0 Å². The average Bonchev–Trinajstić information content (AvgIpc) is 2.71. The molecule has 0 atom stereocenters. The number of nitrogens with zero attached hydrogens (tertiary/aromatic N) is 1. The molecule has 0 saturated carbocycles. The van der Waals surface area contributed by atoms with E-state index in [1.807, 2.05) is 12.1 Å². The second-order valence-electron chi connectivity index (χ2n) is 5.92. The summed E-state index contributed by atoms with van der Waals surface area (Å²) in [5.41, 5.74) is 2.88. The van der Waals surface area contributed by atoms with Crippen molar-refractivity contribution in [3.8, 4) is 5.75 Å². The van der Waals surface area contributed by atoms with Crippen LogP contribution in [-0.4, -0.2) is 23.4 Å². The van der Waals surface area contributed by atoms with Gasteiger partial charge in [0.25, 0.3) is 0 Å². The fourth-order valence-corrected chi connectivity index (χ4v) is 5.12. The molecule has 6 heteroatoms. The van der Waals surface area contributed by atoms with Crippen molar-refractivity contribution in [2.75, 3.05) is 6.16 Å². The molecule has 0 aliphatic carbocycles. The molecule has 0 aromatic heterocycles. The summed E-state index contributed by atoms with van der Waals surface area (Å²) < 4.78 is 13.8. The van der Waals surface area contributed by atoms with E-state index in [4.69, 9.17) is 0 Å². The molecular formula is C21H19N2O3P. The minimum atomic E-state index is -3.14. The van der Waals surface area contributed by atoms with Gasteiger partial charge in [0.2, 0.25) is 5.91 Å². The van der Waals surface area contributed by atoms with E-state index in [-0.39, 0.29) is 11.9 Å². The van der Waals surface area contributed by atoms with Crippen LogP contribution in [0, 0.1) is 0 Å². The molecule has 1 amide bonds. The van der Waals surface area contributed by atoms with Crippen LogP contribution in [0.1, 0.15) is 5.56 Å². The lowest BCUT2D eigenvalue weighted by atomic mass is 10.2. The molecule has 0 radical (unpaired) electrons. The van der Waals surface area contributed by atoms with E-state index in [0.29, 0.717) is 16.2 Å². The highest BCUT2D eigenvalue weighted by Crippen LogP contribution is 2.42. The zero-order valence-electron chi connectivity index (χ0n) is 14.5. The maximum Gasteiger partial charge on any atom is 0.248 e. The van der Waals surface area contributed by atoms with Gasteiger partial charge in [-0.05, 0) is 12.1 Å². The van der Waals surface area contributed by atoms with Crippen LogP contribution in [-0.2, 0) is 9.36 Å². The van der Waals surface area contributed by atoms with Crippen molar-refractivity contribution >= 4 is 29.9 Å². The number of hydrogen-bond donors (Lipinski definition) is 2. The molecule has 5 nitrogen and oxygen atoms in total. The molecule has 3 aromatic carbocycles. The predicted octanol–water partition coefficient (Wildman–Crippen LogP) is 2.86. The van der Waals surface area contributed by atoms with Crippen molar-refractivity contribution in [2.24, 2.45) is 5.10 Å². The van der Waals surface area contributed by atoms with Gasteiger partial charge in [-0.15, -0.1) is 0 Å². The van der Waals surface area contributed by atoms with Crippen molar-refractivity contribution in [1.82, 2.24) is 5.43 Å². The number of rotatable bonds is 6. The normalized spacial score (nSPS) is 11.4. The molecule has 2 N–H and O–H groups in total. The fraction of sp³-hybridized carbons (Fsp3) is 0.0476. The summed E-state index contributed by atoms with van der Waals surface area (Å²) in [4.78, 5) is 12.4. The third-order valence-corrected chi connectivity index (χ3v) is 7.04. The lowest BCUT2D eigenvalue weighted by Crippen LogP contribution is -2.28. The summed E-state index contributed by atoms with van der Waals surface area (Å²) in [5.74, 6) is -0.396. The quantitative estimate of drug-likeness (QED) is 0.393. The molecule has 0 fully saturated rings. The molecule has 136 valence electrons. The first-order chi connectivity index (χ1) is 13.1. The third kappa shape index (κ3) is 4.52. The minimum Gasteiger partial charge on any atom is -0.507 e. The maximum absolute atomic E-state index is 13.8. The Kier molecular flexibility index (Phi) is 5.84. The van der Waals surface area contributed by atoms with E-state index in [0.717, 1.165) is 0 Å². The number of aromatic hydroxyl groups is 1. The summed E-state index contributed by atoms with van der Waals surface area (Å²) in [6.45, 7) is 0. The number of para-hydroxylation sites is 1. The first-order valence-electron chi connectivity index (χ1n) is 8.40. The number of carbonyl (C=O) groups excluding carboxylic acids is 1. The van der Waals surface area contributed by atoms with Gasteiger partial charge in [0.1, 0.15) is 5.75 Å². The van der Waals surface area contributed by atoms with Crippen LogP contribution in [0.25, 0.3) is 0 Å². The predicted molar refractivity (Wildman–Crippen MR) is 108 cm³/mol.